The van der Waals surface area contributed by atoms with Crippen molar-refractivity contribution in [2.24, 2.45) is 5.41 Å². The topological polar surface area (TPSA) is 78.9 Å². The van der Waals surface area contributed by atoms with Crippen LogP contribution >= 0.6 is 0 Å². The maximum atomic E-state index is 13.3. The molecule has 0 aromatic heterocycles. The van der Waals surface area contributed by atoms with Gasteiger partial charge in [-0.05, 0) is 77.3 Å². The smallest absolute Gasteiger partial charge is 0.468 e. The molecule has 3 atom stereocenters. The molecule has 32 heavy (non-hydrogen) atoms. The van der Waals surface area contributed by atoms with Crippen LogP contribution in [0.4, 0.5) is 5.69 Å². The van der Waals surface area contributed by atoms with Crippen molar-refractivity contribution in [1.29, 1.82) is 0 Å². The standard InChI is InChI=1S/C20H21N2O4.C5H5.Fe/c1-22-12-11-19(18(25)26-2,16(23)13-7-3-4-8-13)20(22)14-9-5-6-10-15(14)21-17(20)24;1-2-4-5-3-1;/h3-10,16,23H,11-12H2,1-2H3,(H,21,24);1-5H;/q;;+2. The molecule has 1 aromatic rings. The van der Waals surface area contributed by atoms with Gasteiger partial charge in [-0.1, -0.05) is 18.2 Å². The minimum atomic E-state index is -1.44. The second-order valence-corrected chi connectivity index (χ2v) is 7.93. The molecule has 166 valence electrons. The summed E-state index contributed by atoms with van der Waals surface area (Å²) in [6.45, 7) is 0.481. The van der Waals surface area contributed by atoms with Crippen LogP contribution in [0.25, 0.3) is 0 Å². The molecule has 5 rings (SSSR count). The number of amides is 1. The van der Waals surface area contributed by atoms with Crippen molar-refractivity contribution >= 4 is 17.6 Å². The number of ether oxygens (including phenoxy) is 1. The summed E-state index contributed by atoms with van der Waals surface area (Å²) >= 11 is 0. The monoisotopic (exact) mass is 474 g/mol. The van der Waals surface area contributed by atoms with Crippen LogP contribution < -0.4 is 5.32 Å². The molecule has 10 radical (unpaired) electrons. The van der Waals surface area contributed by atoms with Crippen LogP contribution in [-0.2, 0) is 36.9 Å². The summed E-state index contributed by atoms with van der Waals surface area (Å²) in [6.07, 6.45) is 16.3. The quantitative estimate of drug-likeness (QED) is 0.519. The molecule has 1 spiro atoms. The van der Waals surface area contributed by atoms with Crippen LogP contribution in [-0.4, -0.2) is 48.7 Å². The molecule has 1 amide bonds. The van der Waals surface area contributed by atoms with E-state index in [0.29, 0.717) is 30.1 Å². The number of likely N-dealkylation sites (tertiary alicyclic amines) is 1. The Hall–Kier alpha value is -1.40. The normalized spacial score (nSPS) is 30.3. The van der Waals surface area contributed by atoms with Gasteiger partial charge in [0.2, 0.25) is 0 Å². The van der Waals surface area contributed by atoms with Gasteiger partial charge in [-0.15, -0.1) is 0 Å². The number of rotatable bonds is 3. The number of hydrogen-bond acceptors (Lipinski definition) is 5. The zero-order valence-electron chi connectivity index (χ0n) is 18.0. The third kappa shape index (κ3) is 3.71. The number of anilines is 1. The van der Waals surface area contributed by atoms with Crippen molar-refractivity contribution in [2.75, 3.05) is 26.0 Å². The summed E-state index contributed by atoms with van der Waals surface area (Å²) in [5.41, 5.74) is -1.41. The first kappa shape index (κ1) is 25.2. The Labute approximate surface area is 201 Å². The van der Waals surface area contributed by atoms with Crippen molar-refractivity contribution in [3.05, 3.63) is 93.5 Å². The van der Waals surface area contributed by atoms with E-state index in [-0.39, 0.29) is 23.0 Å². The number of fused-ring (bicyclic) bond motifs is 2. The number of methoxy groups -OCH3 is 1. The molecular formula is C25H26FeN2O4+2. The average molecular weight is 474 g/mol. The summed E-state index contributed by atoms with van der Waals surface area (Å²) < 4.78 is 5.15. The molecule has 3 fully saturated rings. The number of aliphatic hydroxyl groups excluding tert-OH is 1. The number of para-hydroxylation sites is 1. The van der Waals surface area contributed by atoms with Gasteiger partial charge in [0.1, 0.15) is 11.0 Å². The SMILES string of the molecule is COC(=O)C1(C(O)[C]2[CH][CH][CH][CH]2)CCN(C)C12C(=O)Nc1ccccc12.[CH]1[CH][CH][CH][CH]1.[Fe+2]. The number of aliphatic hydroxyl groups is 1. The fraction of sp³-hybridized carbons (Fsp3) is 0.280. The van der Waals surface area contributed by atoms with E-state index in [0.717, 1.165) is 0 Å². The summed E-state index contributed by atoms with van der Waals surface area (Å²) in [5, 5.41) is 14.2. The predicted molar refractivity (Wildman–Crippen MR) is 116 cm³/mol. The number of nitrogens with one attached hydrogen (secondary N) is 1. The molecule has 4 aliphatic rings. The molecule has 2 N–H and O–H groups in total. The second kappa shape index (κ2) is 10.3. The molecular weight excluding hydrogens is 448 g/mol. The van der Waals surface area contributed by atoms with Gasteiger partial charge < -0.3 is 15.2 Å². The van der Waals surface area contributed by atoms with Crippen LogP contribution in [0, 0.1) is 69.1 Å². The van der Waals surface area contributed by atoms with Gasteiger partial charge in [-0.25, -0.2) is 0 Å². The summed E-state index contributed by atoms with van der Waals surface area (Å²) in [4.78, 5) is 28.3. The van der Waals surface area contributed by atoms with Crippen LogP contribution in [0.1, 0.15) is 12.0 Å². The fourth-order valence-corrected chi connectivity index (χ4v) is 5.15. The first-order chi connectivity index (χ1) is 15.0. The number of nitrogens with zero attached hydrogens (tertiary/aromatic N) is 1. The minimum Gasteiger partial charge on any atom is -0.468 e. The number of esters is 1. The summed E-state index contributed by atoms with van der Waals surface area (Å²) in [7, 11) is 3.11. The van der Waals surface area contributed by atoms with Gasteiger partial charge in [0.25, 0.3) is 5.91 Å². The van der Waals surface area contributed by atoms with Gasteiger partial charge in [-0.2, -0.15) is 0 Å². The number of likely N-dealkylation sites (N-methyl/N-ethyl adjacent to an activating group) is 1. The van der Waals surface area contributed by atoms with E-state index >= 15 is 0 Å². The van der Waals surface area contributed by atoms with Crippen molar-refractivity contribution in [3.8, 4) is 0 Å². The second-order valence-electron chi connectivity index (χ2n) is 7.93. The van der Waals surface area contributed by atoms with Crippen LogP contribution in [0.5, 0.6) is 0 Å². The molecule has 6 nitrogen and oxygen atoms in total. The zero-order valence-corrected chi connectivity index (χ0v) is 19.1. The Bertz CT molecular complexity index is 816. The van der Waals surface area contributed by atoms with Crippen molar-refractivity contribution < 1.29 is 36.5 Å². The molecule has 0 bridgehead atoms. The fourth-order valence-electron chi connectivity index (χ4n) is 5.15. The summed E-state index contributed by atoms with van der Waals surface area (Å²) in [5.74, 6) is -0.292. The number of benzene rings is 1. The predicted octanol–water partition coefficient (Wildman–Crippen LogP) is 2.11. The maximum Gasteiger partial charge on any atom is 2.00 e. The minimum absolute atomic E-state index is 0. The van der Waals surface area contributed by atoms with Crippen molar-refractivity contribution in [3.63, 3.8) is 0 Å². The molecule has 2 aliphatic heterocycles. The molecule has 2 saturated carbocycles. The third-order valence-corrected chi connectivity index (χ3v) is 6.53. The Balaban J connectivity index is 0.000000427. The van der Waals surface area contributed by atoms with E-state index in [1.54, 1.807) is 25.7 Å². The van der Waals surface area contributed by atoms with E-state index in [1.807, 2.05) is 68.3 Å². The molecule has 7 heteroatoms. The number of carbonyl (C=O) groups excluding carboxylic acids is 2. The Morgan fingerprint density at radius 1 is 1.09 bits per heavy atom. The largest absolute Gasteiger partial charge is 2.00 e. The van der Waals surface area contributed by atoms with Gasteiger partial charge in [0, 0.05) is 23.7 Å². The Morgan fingerprint density at radius 3 is 2.28 bits per heavy atom. The first-order valence-electron chi connectivity index (χ1n) is 10.3. The van der Waals surface area contributed by atoms with E-state index in [1.165, 1.54) is 7.11 Å². The van der Waals surface area contributed by atoms with Crippen LogP contribution in [0.15, 0.2) is 24.3 Å². The molecule has 2 heterocycles. The Kier molecular flexibility index (Phi) is 8.08. The average Bonchev–Trinajstić information content (AvgIpc) is 3.58. The molecule has 2 aliphatic carbocycles. The van der Waals surface area contributed by atoms with E-state index in [9.17, 15) is 14.7 Å². The maximum absolute atomic E-state index is 13.3. The summed E-state index contributed by atoms with van der Waals surface area (Å²) in [6, 6.07) is 7.32. The van der Waals surface area contributed by atoms with E-state index < -0.39 is 23.0 Å². The molecule has 3 unspecified atom stereocenters. The Morgan fingerprint density at radius 2 is 1.69 bits per heavy atom. The van der Waals surface area contributed by atoms with Crippen LogP contribution in [0.2, 0.25) is 0 Å². The van der Waals surface area contributed by atoms with Gasteiger partial charge in [0.05, 0.1) is 13.2 Å². The van der Waals surface area contributed by atoms with Gasteiger partial charge >= 0.3 is 23.0 Å². The molecule has 1 saturated heterocycles. The zero-order chi connectivity index (χ0) is 22.1. The third-order valence-electron chi connectivity index (χ3n) is 6.53. The van der Waals surface area contributed by atoms with Gasteiger partial charge in [0.15, 0.2) is 0 Å². The van der Waals surface area contributed by atoms with E-state index in [2.05, 4.69) is 5.32 Å². The van der Waals surface area contributed by atoms with E-state index in [4.69, 9.17) is 4.74 Å². The molecule has 1 aromatic carbocycles. The number of hydrogen-bond donors (Lipinski definition) is 2. The van der Waals surface area contributed by atoms with Crippen molar-refractivity contribution in [2.45, 2.75) is 18.1 Å². The first-order valence-corrected chi connectivity index (χ1v) is 10.3. The van der Waals surface area contributed by atoms with Crippen molar-refractivity contribution in [1.82, 2.24) is 4.90 Å². The number of carbonyl (C=O) groups is 2. The van der Waals surface area contributed by atoms with Crippen LogP contribution in [0.3, 0.4) is 0 Å². The van der Waals surface area contributed by atoms with Gasteiger partial charge in [-0.3, -0.25) is 14.5 Å².